The number of hydrogen-bond acceptors (Lipinski definition) is 2. The van der Waals surface area contributed by atoms with E-state index in [9.17, 15) is 0 Å². The largest absolute Gasteiger partial charge is 0.492 e. The van der Waals surface area contributed by atoms with Gasteiger partial charge in [0.25, 0.3) is 0 Å². The minimum absolute atomic E-state index is 0.593. The molecule has 0 amide bonds. The molecule has 1 atom stereocenters. The van der Waals surface area contributed by atoms with Crippen LogP contribution in [0.4, 0.5) is 0 Å². The highest BCUT2D eigenvalue weighted by Crippen LogP contribution is 2.49. The van der Waals surface area contributed by atoms with Crippen LogP contribution in [0.3, 0.4) is 0 Å². The molecule has 1 aliphatic carbocycles. The summed E-state index contributed by atoms with van der Waals surface area (Å²) >= 11 is 6.27. The van der Waals surface area contributed by atoms with Gasteiger partial charge in [-0.3, -0.25) is 0 Å². The number of nitrogens with one attached hydrogen (secondary N) is 1. The standard InChI is InChI=1S/C15H20ClNO/c1-2-18-14-4-3-11(7-13(14)16)12-5-6-15(8-12)9-17-10-15/h3-4,7,12,17H,2,5-6,8-10H2,1H3. The van der Waals surface area contributed by atoms with Crippen LogP contribution >= 0.6 is 11.6 Å². The highest BCUT2D eigenvalue weighted by Gasteiger charge is 2.43. The van der Waals surface area contributed by atoms with Crippen molar-refractivity contribution in [2.45, 2.75) is 32.1 Å². The molecule has 1 N–H and O–H groups in total. The van der Waals surface area contributed by atoms with Crippen LogP contribution in [0.15, 0.2) is 18.2 Å². The van der Waals surface area contributed by atoms with Gasteiger partial charge in [-0.25, -0.2) is 0 Å². The zero-order valence-electron chi connectivity index (χ0n) is 10.8. The average molecular weight is 266 g/mol. The second kappa shape index (κ2) is 4.75. The van der Waals surface area contributed by atoms with Gasteiger partial charge in [0, 0.05) is 13.1 Å². The zero-order chi connectivity index (χ0) is 12.6. The Labute approximate surface area is 114 Å². The van der Waals surface area contributed by atoms with E-state index in [-0.39, 0.29) is 0 Å². The van der Waals surface area contributed by atoms with E-state index in [1.54, 1.807) is 0 Å². The summed E-state index contributed by atoms with van der Waals surface area (Å²) in [5, 5.41) is 4.16. The molecule has 2 aliphatic rings. The number of hydrogen-bond donors (Lipinski definition) is 1. The Morgan fingerprint density at radius 1 is 1.44 bits per heavy atom. The van der Waals surface area contributed by atoms with Gasteiger partial charge in [-0.15, -0.1) is 0 Å². The Kier molecular flexibility index (Phi) is 3.25. The van der Waals surface area contributed by atoms with Gasteiger partial charge in [0.05, 0.1) is 11.6 Å². The van der Waals surface area contributed by atoms with Crippen molar-refractivity contribution in [2.24, 2.45) is 5.41 Å². The predicted octanol–water partition coefficient (Wildman–Crippen LogP) is 3.60. The average Bonchev–Trinajstić information content (AvgIpc) is 2.77. The molecule has 3 heteroatoms. The molecule has 2 fully saturated rings. The van der Waals surface area contributed by atoms with Crippen molar-refractivity contribution in [1.29, 1.82) is 0 Å². The lowest BCUT2D eigenvalue weighted by molar-refractivity contribution is 0.175. The van der Waals surface area contributed by atoms with Crippen LogP contribution < -0.4 is 10.1 Å². The van der Waals surface area contributed by atoms with E-state index in [4.69, 9.17) is 16.3 Å². The van der Waals surface area contributed by atoms with Gasteiger partial charge in [-0.1, -0.05) is 17.7 Å². The molecule has 1 aliphatic heterocycles. The minimum atomic E-state index is 0.593. The smallest absolute Gasteiger partial charge is 0.137 e. The maximum Gasteiger partial charge on any atom is 0.137 e. The third kappa shape index (κ3) is 2.12. The first-order valence-corrected chi connectivity index (χ1v) is 7.23. The second-order valence-electron chi connectivity index (χ2n) is 5.67. The quantitative estimate of drug-likeness (QED) is 0.902. The molecule has 1 saturated carbocycles. The highest BCUT2D eigenvalue weighted by molar-refractivity contribution is 6.32. The Morgan fingerprint density at radius 3 is 2.83 bits per heavy atom. The summed E-state index contributed by atoms with van der Waals surface area (Å²) in [6, 6.07) is 6.31. The SMILES string of the molecule is CCOc1ccc(C2CCC3(CNC3)C2)cc1Cl. The molecule has 2 nitrogen and oxygen atoms in total. The molecule has 1 aromatic rings. The van der Waals surface area contributed by atoms with Crippen LogP contribution in [0.25, 0.3) is 0 Å². The van der Waals surface area contributed by atoms with Gasteiger partial charge < -0.3 is 10.1 Å². The number of benzene rings is 1. The van der Waals surface area contributed by atoms with Gasteiger partial charge >= 0.3 is 0 Å². The number of rotatable bonds is 3. The molecular formula is C15H20ClNO. The molecule has 98 valence electrons. The van der Waals surface area contributed by atoms with Gasteiger partial charge in [-0.2, -0.15) is 0 Å². The summed E-state index contributed by atoms with van der Waals surface area (Å²) in [5.74, 6) is 1.49. The highest BCUT2D eigenvalue weighted by atomic mass is 35.5. The Hall–Kier alpha value is -0.730. The Morgan fingerprint density at radius 2 is 2.28 bits per heavy atom. The predicted molar refractivity (Wildman–Crippen MR) is 74.5 cm³/mol. The normalized spacial score (nSPS) is 25.1. The summed E-state index contributed by atoms with van der Waals surface area (Å²) in [6.45, 7) is 5.05. The van der Waals surface area contributed by atoms with E-state index in [0.717, 1.165) is 10.8 Å². The van der Waals surface area contributed by atoms with Crippen LogP contribution in [0.5, 0.6) is 5.75 Å². The first kappa shape index (κ1) is 12.3. The molecule has 0 aromatic heterocycles. The fraction of sp³-hybridized carbons (Fsp3) is 0.600. The molecule has 0 radical (unpaired) electrons. The molecule has 0 bridgehead atoms. The molecule has 18 heavy (non-hydrogen) atoms. The monoisotopic (exact) mass is 265 g/mol. The topological polar surface area (TPSA) is 21.3 Å². The van der Waals surface area contributed by atoms with E-state index in [1.165, 1.54) is 37.9 Å². The third-order valence-electron chi connectivity index (χ3n) is 4.43. The molecule has 1 saturated heterocycles. The van der Waals surface area contributed by atoms with E-state index in [0.29, 0.717) is 17.9 Å². The van der Waals surface area contributed by atoms with Crippen molar-refractivity contribution in [1.82, 2.24) is 5.32 Å². The lowest BCUT2D eigenvalue weighted by Crippen LogP contribution is -2.51. The van der Waals surface area contributed by atoms with Crippen molar-refractivity contribution < 1.29 is 4.74 Å². The van der Waals surface area contributed by atoms with Crippen molar-refractivity contribution in [3.8, 4) is 5.75 Å². The molecule has 1 heterocycles. The molecular weight excluding hydrogens is 246 g/mol. The maximum atomic E-state index is 6.27. The van der Waals surface area contributed by atoms with Crippen LogP contribution in [0.1, 0.15) is 37.7 Å². The first-order chi connectivity index (χ1) is 8.72. The van der Waals surface area contributed by atoms with Crippen LogP contribution in [-0.4, -0.2) is 19.7 Å². The fourth-order valence-corrected chi connectivity index (χ4v) is 3.58. The summed E-state index contributed by atoms with van der Waals surface area (Å²) in [5.41, 5.74) is 1.97. The van der Waals surface area contributed by atoms with Gasteiger partial charge in [0.15, 0.2) is 0 Å². The van der Waals surface area contributed by atoms with Gasteiger partial charge in [0.1, 0.15) is 5.75 Å². The number of ether oxygens (including phenoxy) is 1. The summed E-state index contributed by atoms with van der Waals surface area (Å²) in [4.78, 5) is 0. The Bertz CT molecular complexity index is 442. The van der Waals surface area contributed by atoms with E-state index in [1.807, 2.05) is 13.0 Å². The van der Waals surface area contributed by atoms with Crippen molar-refractivity contribution >= 4 is 11.6 Å². The van der Waals surface area contributed by atoms with Crippen molar-refractivity contribution in [3.05, 3.63) is 28.8 Å². The summed E-state index contributed by atoms with van der Waals surface area (Å²) < 4.78 is 5.49. The lowest BCUT2D eigenvalue weighted by Gasteiger charge is -2.39. The molecule has 3 rings (SSSR count). The maximum absolute atomic E-state index is 6.27. The second-order valence-corrected chi connectivity index (χ2v) is 6.07. The van der Waals surface area contributed by atoms with Crippen LogP contribution in [0, 0.1) is 5.41 Å². The first-order valence-electron chi connectivity index (χ1n) is 6.85. The van der Waals surface area contributed by atoms with Gasteiger partial charge in [-0.05, 0) is 55.2 Å². The third-order valence-corrected chi connectivity index (χ3v) is 4.73. The van der Waals surface area contributed by atoms with Crippen molar-refractivity contribution in [3.63, 3.8) is 0 Å². The minimum Gasteiger partial charge on any atom is -0.492 e. The Balaban J connectivity index is 1.75. The van der Waals surface area contributed by atoms with E-state index >= 15 is 0 Å². The summed E-state index contributed by atoms with van der Waals surface area (Å²) in [7, 11) is 0. The molecule has 1 spiro atoms. The lowest BCUT2D eigenvalue weighted by atomic mass is 9.79. The molecule has 1 aromatic carbocycles. The molecule has 1 unspecified atom stereocenters. The van der Waals surface area contributed by atoms with E-state index in [2.05, 4.69) is 17.4 Å². The fourth-order valence-electron chi connectivity index (χ4n) is 3.34. The number of halogens is 1. The summed E-state index contributed by atoms with van der Waals surface area (Å²) in [6.07, 6.45) is 3.96. The van der Waals surface area contributed by atoms with Crippen LogP contribution in [-0.2, 0) is 0 Å². The van der Waals surface area contributed by atoms with Gasteiger partial charge in [0.2, 0.25) is 0 Å². The van der Waals surface area contributed by atoms with E-state index < -0.39 is 0 Å². The van der Waals surface area contributed by atoms with Crippen LogP contribution in [0.2, 0.25) is 5.02 Å². The van der Waals surface area contributed by atoms with Crippen molar-refractivity contribution in [2.75, 3.05) is 19.7 Å². The zero-order valence-corrected chi connectivity index (χ0v) is 11.6.